The molecule has 0 N–H and O–H groups in total. The van der Waals surface area contributed by atoms with Gasteiger partial charge in [0, 0.05) is 39.5 Å². The maximum atomic E-state index is 11.5. The van der Waals surface area contributed by atoms with Crippen LogP contribution >= 0.6 is 0 Å². The van der Waals surface area contributed by atoms with E-state index in [9.17, 15) is 5.26 Å². The van der Waals surface area contributed by atoms with E-state index < -0.39 is 0 Å². The molecule has 4 nitrogen and oxygen atoms in total. The number of rotatable bonds is 7. The molecule has 9 aromatic carbocycles. The van der Waals surface area contributed by atoms with Gasteiger partial charge in [-0.25, -0.2) is 0 Å². The Kier molecular flexibility index (Phi) is 10.7. The van der Waals surface area contributed by atoms with E-state index in [1.54, 1.807) is 0 Å². The summed E-state index contributed by atoms with van der Waals surface area (Å²) in [4.78, 5) is 4.48. The van der Waals surface area contributed by atoms with Crippen LogP contribution in [-0.4, -0.2) is 14.1 Å². The van der Waals surface area contributed by atoms with Crippen LogP contribution in [0, 0.1) is 66.7 Å². The van der Waals surface area contributed by atoms with Gasteiger partial charge in [-0.2, -0.15) is 5.26 Å². The van der Waals surface area contributed by atoms with Gasteiger partial charge in [0.2, 0.25) is 0 Å². The van der Waals surface area contributed by atoms with Crippen molar-refractivity contribution < 1.29 is 0 Å². The maximum absolute atomic E-state index is 11.5. The Morgan fingerprint density at radius 1 is 0.319 bits per heavy atom. The predicted octanol–water partition coefficient (Wildman–Crippen LogP) is 17.9. The van der Waals surface area contributed by atoms with Gasteiger partial charge >= 0.3 is 0 Å². The summed E-state index contributed by atoms with van der Waals surface area (Å²) in [5, 5.41) is 16.1. The molecule has 72 heavy (non-hydrogen) atoms. The van der Waals surface area contributed by atoms with Crippen molar-refractivity contribution in [1.82, 2.24) is 14.1 Å². The minimum Gasteiger partial charge on any atom is -0.309 e. The molecule has 3 heterocycles. The van der Waals surface area contributed by atoms with Crippen LogP contribution in [0.3, 0.4) is 0 Å². The molecule has 0 atom stereocenters. The standard InChI is InChI=1S/C68H54N4/c1-40-9-17-54(44(5)29-40)49-13-21-63-59(33-49)60-34-50(55-18-10-41(2)30-45(55)6)14-22-64(60)71(63)67-38-58(48-25-27-70-28-26-48)68(37-53(67)39-69)72-65-23-15-51(56-19-11-42(3)31-46(56)7)35-61(65)62-36-52(16-24-66(62)72)57-20-12-43(4)32-47(57)8/h9-38H,1-8H3. The Hall–Kier alpha value is -8.78. The SMILES string of the molecule is Cc1ccc(-c2ccc3c(c2)c2cc(-c4ccc(C)cc4C)ccc2n3-c2cc(-c3ccncc3)c(-n3c4ccc(-c5ccc(C)cc5C)cc4c4cc(-c5ccc(C)cc5C)ccc43)cc2C#N)c(C)c1. The molecule has 4 heteroatoms. The second-order valence-electron chi connectivity index (χ2n) is 20.1. The highest BCUT2D eigenvalue weighted by Gasteiger charge is 2.24. The summed E-state index contributed by atoms with van der Waals surface area (Å²) in [7, 11) is 0. The Morgan fingerprint density at radius 2 is 0.653 bits per heavy atom. The third kappa shape index (κ3) is 7.40. The van der Waals surface area contributed by atoms with E-state index in [0.717, 1.165) is 77.2 Å². The summed E-state index contributed by atoms with van der Waals surface area (Å²) in [5.74, 6) is 0. The van der Waals surface area contributed by atoms with E-state index >= 15 is 0 Å². The zero-order valence-electron chi connectivity index (χ0n) is 42.1. The lowest BCUT2D eigenvalue weighted by Gasteiger charge is -2.19. The molecule has 0 spiro atoms. The minimum atomic E-state index is 0.576. The topological polar surface area (TPSA) is 46.5 Å². The Bertz CT molecular complexity index is 4030. The fraction of sp³-hybridized carbons (Fsp3) is 0.118. The number of aromatic nitrogens is 3. The smallest absolute Gasteiger partial charge is 0.101 e. The molecule has 0 aliphatic rings. The average molecular weight is 927 g/mol. The number of hydrogen-bond acceptors (Lipinski definition) is 2. The number of benzene rings is 9. The quantitative estimate of drug-likeness (QED) is 0.160. The number of pyridine rings is 1. The first-order chi connectivity index (χ1) is 34.9. The minimum absolute atomic E-state index is 0.576. The molecule has 0 bridgehead atoms. The van der Waals surface area contributed by atoms with E-state index in [1.165, 1.54) is 77.9 Å². The summed E-state index contributed by atoms with van der Waals surface area (Å²) >= 11 is 0. The molecule has 3 aromatic heterocycles. The highest BCUT2D eigenvalue weighted by molar-refractivity contribution is 6.14. The van der Waals surface area contributed by atoms with E-state index in [2.05, 4.69) is 245 Å². The van der Waals surface area contributed by atoms with E-state index in [-0.39, 0.29) is 0 Å². The van der Waals surface area contributed by atoms with Gasteiger partial charge in [0.25, 0.3) is 0 Å². The van der Waals surface area contributed by atoms with Crippen molar-refractivity contribution in [3.05, 3.63) is 232 Å². The van der Waals surface area contributed by atoms with Crippen molar-refractivity contribution in [3.63, 3.8) is 0 Å². The van der Waals surface area contributed by atoms with Crippen molar-refractivity contribution in [2.24, 2.45) is 0 Å². The molecule has 12 rings (SSSR count). The van der Waals surface area contributed by atoms with Crippen molar-refractivity contribution in [1.29, 1.82) is 5.26 Å². The molecule has 0 saturated carbocycles. The van der Waals surface area contributed by atoms with Crippen LogP contribution in [0.4, 0.5) is 0 Å². The van der Waals surface area contributed by atoms with Crippen LogP contribution in [0.2, 0.25) is 0 Å². The number of fused-ring (bicyclic) bond motifs is 6. The van der Waals surface area contributed by atoms with E-state index in [1.807, 2.05) is 12.4 Å². The molecular weight excluding hydrogens is 873 g/mol. The molecular formula is C68H54N4. The molecule has 0 aliphatic carbocycles. The highest BCUT2D eigenvalue weighted by Crippen LogP contribution is 2.44. The third-order valence-electron chi connectivity index (χ3n) is 15.0. The van der Waals surface area contributed by atoms with Crippen LogP contribution < -0.4 is 0 Å². The first kappa shape index (κ1) is 44.4. The lowest BCUT2D eigenvalue weighted by atomic mass is 9.95. The first-order valence-electron chi connectivity index (χ1n) is 24.9. The molecule has 0 fully saturated rings. The number of aryl methyl sites for hydroxylation is 8. The van der Waals surface area contributed by atoms with Gasteiger partial charge in [-0.05, 0) is 201 Å². The van der Waals surface area contributed by atoms with Crippen molar-refractivity contribution in [2.45, 2.75) is 55.4 Å². The summed E-state index contributed by atoms with van der Waals surface area (Å²) in [5.41, 5.74) is 28.0. The number of nitrogens with zero attached hydrogens (tertiary/aromatic N) is 4. The normalized spacial score (nSPS) is 11.6. The molecule has 0 radical (unpaired) electrons. The third-order valence-corrected chi connectivity index (χ3v) is 15.0. The second kappa shape index (κ2) is 17.3. The average Bonchev–Trinajstić information content (AvgIpc) is 3.87. The van der Waals surface area contributed by atoms with Crippen molar-refractivity contribution in [2.75, 3.05) is 0 Å². The van der Waals surface area contributed by atoms with Gasteiger partial charge in [-0.15, -0.1) is 0 Å². The Morgan fingerprint density at radius 3 is 0.972 bits per heavy atom. The molecule has 346 valence electrons. The second-order valence-corrected chi connectivity index (χ2v) is 20.1. The van der Waals surface area contributed by atoms with Crippen LogP contribution in [-0.2, 0) is 0 Å². The summed E-state index contributed by atoms with van der Waals surface area (Å²) in [6.45, 7) is 17.4. The van der Waals surface area contributed by atoms with Gasteiger partial charge in [0.15, 0.2) is 0 Å². The van der Waals surface area contributed by atoms with Crippen LogP contribution in [0.15, 0.2) is 182 Å². The zero-order valence-corrected chi connectivity index (χ0v) is 42.1. The van der Waals surface area contributed by atoms with Gasteiger partial charge < -0.3 is 9.13 Å². The molecule has 0 unspecified atom stereocenters. The summed E-state index contributed by atoms with van der Waals surface area (Å²) in [6.07, 6.45) is 3.72. The fourth-order valence-corrected chi connectivity index (χ4v) is 11.6. The lowest BCUT2D eigenvalue weighted by molar-refractivity contribution is 1.13. The monoisotopic (exact) mass is 926 g/mol. The maximum Gasteiger partial charge on any atom is 0.101 e. The van der Waals surface area contributed by atoms with Crippen LogP contribution in [0.5, 0.6) is 0 Å². The predicted molar refractivity (Wildman–Crippen MR) is 303 cm³/mol. The Labute approximate surface area is 421 Å². The van der Waals surface area contributed by atoms with Crippen LogP contribution in [0.25, 0.3) is 111 Å². The van der Waals surface area contributed by atoms with Crippen molar-refractivity contribution >= 4 is 43.6 Å². The van der Waals surface area contributed by atoms with Crippen molar-refractivity contribution in [3.8, 4) is 73.1 Å². The van der Waals surface area contributed by atoms with E-state index in [0.29, 0.717) is 5.56 Å². The van der Waals surface area contributed by atoms with Gasteiger partial charge in [-0.3, -0.25) is 4.98 Å². The van der Waals surface area contributed by atoms with E-state index in [4.69, 9.17) is 0 Å². The lowest BCUT2D eigenvalue weighted by Crippen LogP contribution is -2.04. The Balaban J connectivity index is 1.14. The molecule has 0 amide bonds. The molecule has 0 saturated heterocycles. The molecule has 12 aromatic rings. The number of hydrogen-bond donors (Lipinski definition) is 0. The van der Waals surface area contributed by atoms with Crippen LogP contribution in [0.1, 0.15) is 50.1 Å². The molecule has 0 aliphatic heterocycles. The summed E-state index contributed by atoms with van der Waals surface area (Å²) < 4.78 is 4.69. The highest BCUT2D eigenvalue weighted by atomic mass is 15.0. The van der Waals surface area contributed by atoms with Gasteiger partial charge in [-0.1, -0.05) is 119 Å². The van der Waals surface area contributed by atoms with Gasteiger partial charge in [0.1, 0.15) is 6.07 Å². The fourth-order valence-electron chi connectivity index (χ4n) is 11.6. The largest absolute Gasteiger partial charge is 0.309 e. The summed E-state index contributed by atoms with van der Waals surface area (Å²) in [6, 6.07) is 65.5. The first-order valence-corrected chi connectivity index (χ1v) is 24.9. The van der Waals surface area contributed by atoms with Gasteiger partial charge in [0.05, 0.1) is 39.0 Å². The zero-order chi connectivity index (χ0) is 49.5. The number of nitriles is 1.